The smallest absolute Gasteiger partial charge is 0.330 e. The summed E-state index contributed by atoms with van der Waals surface area (Å²) in [6.45, 7) is 0.859. The zero-order valence-electron chi connectivity index (χ0n) is 7.78. The van der Waals surface area contributed by atoms with E-state index in [1.165, 1.54) is 0 Å². The topological polar surface area (TPSA) is 92.5 Å². The summed E-state index contributed by atoms with van der Waals surface area (Å²) in [5.74, 6) is -0.967. The Kier molecular flexibility index (Phi) is 3.58. The van der Waals surface area contributed by atoms with E-state index in [0.29, 0.717) is 19.5 Å². The van der Waals surface area contributed by atoms with Crippen LogP contribution in [0.3, 0.4) is 0 Å². The first-order valence-corrected chi connectivity index (χ1v) is 4.49. The molecule has 0 aromatic heterocycles. The average Bonchev–Trinajstić information content (AvgIpc) is 2.09. The van der Waals surface area contributed by atoms with Crippen molar-refractivity contribution in [3.63, 3.8) is 0 Å². The van der Waals surface area contributed by atoms with E-state index in [1.54, 1.807) is 0 Å². The van der Waals surface area contributed by atoms with E-state index in [9.17, 15) is 14.4 Å². The highest BCUT2D eigenvalue weighted by Crippen LogP contribution is 2.04. The van der Waals surface area contributed by atoms with Gasteiger partial charge in [-0.3, -0.25) is 19.8 Å². The molecule has 1 heterocycles. The van der Waals surface area contributed by atoms with Gasteiger partial charge in [-0.2, -0.15) is 0 Å². The van der Waals surface area contributed by atoms with Crippen LogP contribution in [-0.2, 0) is 9.59 Å². The second kappa shape index (κ2) is 4.71. The third-order valence-electron chi connectivity index (χ3n) is 1.94. The van der Waals surface area contributed by atoms with Crippen molar-refractivity contribution < 1.29 is 14.4 Å². The quantitative estimate of drug-likeness (QED) is 0.457. The Bertz CT molecular complexity index is 245. The molecule has 0 spiro atoms. The molecular formula is C8H13N3O3. The molecule has 1 saturated heterocycles. The third kappa shape index (κ3) is 2.53. The first kappa shape index (κ1) is 10.6. The van der Waals surface area contributed by atoms with Crippen LogP contribution in [0.1, 0.15) is 19.3 Å². The summed E-state index contributed by atoms with van der Waals surface area (Å²) in [6, 6.07) is -0.622. The van der Waals surface area contributed by atoms with Gasteiger partial charge in [-0.15, -0.1) is 0 Å². The number of barbiturate groups is 1. The van der Waals surface area contributed by atoms with Crippen LogP contribution >= 0.6 is 0 Å². The van der Waals surface area contributed by atoms with Crippen LogP contribution in [0, 0.1) is 0 Å². The number of urea groups is 1. The second-order valence-electron chi connectivity index (χ2n) is 3.07. The number of rotatable bonds is 4. The minimum Gasteiger partial charge on any atom is -0.330 e. The van der Waals surface area contributed by atoms with Crippen LogP contribution in [0.25, 0.3) is 0 Å². The number of hydrogen-bond acceptors (Lipinski definition) is 4. The molecule has 0 unspecified atom stereocenters. The summed E-state index contributed by atoms with van der Waals surface area (Å²) >= 11 is 0. The van der Waals surface area contributed by atoms with Gasteiger partial charge >= 0.3 is 6.03 Å². The molecule has 0 saturated carbocycles. The second-order valence-corrected chi connectivity index (χ2v) is 3.07. The van der Waals surface area contributed by atoms with Gasteiger partial charge in [0.05, 0.1) is 0 Å². The van der Waals surface area contributed by atoms with Crippen molar-refractivity contribution in [3.05, 3.63) is 0 Å². The van der Waals surface area contributed by atoms with Crippen LogP contribution in [0.15, 0.2) is 0 Å². The largest absolute Gasteiger partial charge is 0.330 e. The van der Waals surface area contributed by atoms with E-state index in [1.807, 2.05) is 0 Å². The Morgan fingerprint density at radius 1 is 1.29 bits per heavy atom. The predicted molar refractivity (Wildman–Crippen MR) is 48.2 cm³/mol. The van der Waals surface area contributed by atoms with Crippen molar-refractivity contribution in [3.8, 4) is 0 Å². The van der Waals surface area contributed by atoms with E-state index in [2.05, 4.69) is 5.32 Å². The first-order valence-electron chi connectivity index (χ1n) is 4.49. The van der Waals surface area contributed by atoms with Crippen molar-refractivity contribution in [1.82, 2.24) is 10.2 Å². The Balaban J connectivity index is 2.46. The van der Waals surface area contributed by atoms with E-state index in [-0.39, 0.29) is 6.42 Å². The molecule has 1 rings (SSSR count). The highest BCUT2D eigenvalue weighted by molar-refractivity contribution is 6.14. The molecule has 0 aromatic rings. The highest BCUT2D eigenvalue weighted by atomic mass is 16.2. The molecule has 0 aliphatic carbocycles. The summed E-state index contributed by atoms with van der Waals surface area (Å²) in [6.07, 6.45) is 1.18. The van der Waals surface area contributed by atoms with Gasteiger partial charge in [0.1, 0.15) is 6.42 Å². The Morgan fingerprint density at radius 2 is 2.00 bits per heavy atom. The fourth-order valence-electron chi connectivity index (χ4n) is 1.22. The molecule has 6 nitrogen and oxygen atoms in total. The lowest BCUT2D eigenvalue weighted by Crippen LogP contribution is -2.52. The van der Waals surface area contributed by atoms with Gasteiger partial charge in [0, 0.05) is 6.54 Å². The predicted octanol–water partition coefficient (Wildman–Crippen LogP) is -0.806. The summed E-state index contributed by atoms with van der Waals surface area (Å²) in [7, 11) is 0. The molecule has 0 bridgehead atoms. The Morgan fingerprint density at radius 3 is 2.57 bits per heavy atom. The summed E-state index contributed by atoms with van der Waals surface area (Å²) in [4.78, 5) is 34.2. The lowest BCUT2D eigenvalue weighted by Gasteiger charge is -2.24. The van der Waals surface area contributed by atoms with Crippen molar-refractivity contribution in [1.29, 1.82) is 0 Å². The van der Waals surface area contributed by atoms with Gasteiger partial charge in [-0.1, -0.05) is 0 Å². The SMILES string of the molecule is NCCCCN1C(=O)CC(=O)NC1=O. The molecule has 14 heavy (non-hydrogen) atoms. The summed E-state index contributed by atoms with van der Waals surface area (Å²) in [5.41, 5.74) is 5.28. The van der Waals surface area contributed by atoms with Gasteiger partial charge in [-0.05, 0) is 19.4 Å². The molecule has 3 N–H and O–H groups in total. The normalized spacial score (nSPS) is 17.2. The van der Waals surface area contributed by atoms with Crippen LogP contribution in [-0.4, -0.2) is 35.8 Å². The molecule has 4 amide bonds. The molecule has 1 aliphatic heterocycles. The maximum absolute atomic E-state index is 11.2. The molecule has 0 atom stereocenters. The van der Waals surface area contributed by atoms with Gasteiger partial charge < -0.3 is 5.73 Å². The van der Waals surface area contributed by atoms with Crippen LogP contribution in [0.4, 0.5) is 4.79 Å². The third-order valence-corrected chi connectivity index (χ3v) is 1.94. The molecule has 1 aliphatic rings. The zero-order chi connectivity index (χ0) is 10.6. The van der Waals surface area contributed by atoms with E-state index in [0.717, 1.165) is 11.3 Å². The molecule has 0 radical (unpaired) electrons. The van der Waals surface area contributed by atoms with Gasteiger partial charge in [0.25, 0.3) is 0 Å². The average molecular weight is 199 g/mol. The summed E-state index contributed by atoms with van der Waals surface area (Å²) < 4.78 is 0. The lowest BCUT2D eigenvalue weighted by molar-refractivity contribution is -0.136. The monoisotopic (exact) mass is 199 g/mol. The number of nitrogens with zero attached hydrogens (tertiary/aromatic N) is 1. The van der Waals surface area contributed by atoms with Gasteiger partial charge in [0.2, 0.25) is 11.8 Å². The molecule has 0 aromatic carbocycles. The first-order chi connectivity index (χ1) is 6.65. The minimum absolute atomic E-state index is 0.242. The minimum atomic E-state index is -0.622. The fourth-order valence-corrected chi connectivity index (χ4v) is 1.22. The summed E-state index contributed by atoms with van der Waals surface area (Å²) in [5, 5.41) is 2.08. The molecule has 78 valence electrons. The number of carbonyl (C=O) groups is 3. The van der Waals surface area contributed by atoms with Crippen molar-refractivity contribution in [2.45, 2.75) is 19.3 Å². The van der Waals surface area contributed by atoms with Crippen molar-refractivity contribution in [2.75, 3.05) is 13.1 Å². The van der Waals surface area contributed by atoms with Crippen molar-refractivity contribution >= 4 is 17.8 Å². The van der Waals surface area contributed by atoms with Crippen molar-refractivity contribution in [2.24, 2.45) is 5.73 Å². The van der Waals surface area contributed by atoms with Crippen LogP contribution in [0.2, 0.25) is 0 Å². The maximum Gasteiger partial charge on any atom is 0.330 e. The standard InChI is InChI=1S/C8H13N3O3/c9-3-1-2-4-11-7(13)5-6(12)10-8(11)14/h1-5,9H2,(H,10,12,14). The van der Waals surface area contributed by atoms with E-state index < -0.39 is 17.8 Å². The fraction of sp³-hybridized carbons (Fsp3) is 0.625. The number of amides is 4. The molecule has 1 fully saturated rings. The maximum atomic E-state index is 11.2. The number of nitrogens with two attached hydrogens (primary N) is 1. The number of imide groups is 2. The number of carbonyl (C=O) groups excluding carboxylic acids is 3. The number of nitrogens with one attached hydrogen (secondary N) is 1. The zero-order valence-corrected chi connectivity index (χ0v) is 7.78. The molecule has 6 heteroatoms. The van der Waals surface area contributed by atoms with Crippen LogP contribution < -0.4 is 11.1 Å². The number of unbranched alkanes of at least 4 members (excludes halogenated alkanes) is 1. The van der Waals surface area contributed by atoms with Gasteiger partial charge in [-0.25, -0.2) is 4.79 Å². The Hall–Kier alpha value is -1.43. The van der Waals surface area contributed by atoms with E-state index >= 15 is 0 Å². The van der Waals surface area contributed by atoms with Gasteiger partial charge in [0.15, 0.2) is 0 Å². The Labute approximate surface area is 81.4 Å². The van der Waals surface area contributed by atoms with Crippen LogP contribution in [0.5, 0.6) is 0 Å². The lowest BCUT2D eigenvalue weighted by atomic mass is 10.2. The highest BCUT2D eigenvalue weighted by Gasteiger charge is 2.29. The molecular weight excluding hydrogens is 186 g/mol. The van der Waals surface area contributed by atoms with E-state index in [4.69, 9.17) is 5.73 Å². The number of hydrogen-bond donors (Lipinski definition) is 2.